The quantitative estimate of drug-likeness (QED) is 0.791. The Bertz CT molecular complexity index is 431. The molecule has 0 aromatic carbocycles. The van der Waals surface area contributed by atoms with Gasteiger partial charge in [0.1, 0.15) is 6.54 Å². The Morgan fingerprint density at radius 3 is 2.45 bits per heavy atom. The van der Waals surface area contributed by atoms with Gasteiger partial charge in [0.25, 0.3) is 0 Å². The molecule has 0 bridgehead atoms. The van der Waals surface area contributed by atoms with E-state index in [0.717, 1.165) is 38.1 Å². The first-order chi connectivity index (χ1) is 10.3. The Labute approximate surface area is 136 Å². The van der Waals surface area contributed by atoms with Crippen molar-refractivity contribution in [3.05, 3.63) is 0 Å². The molecule has 2 heterocycles. The van der Waals surface area contributed by atoms with Gasteiger partial charge in [0.05, 0.1) is 5.92 Å². The van der Waals surface area contributed by atoms with E-state index in [9.17, 15) is 0 Å². The summed E-state index contributed by atoms with van der Waals surface area (Å²) < 4.78 is 2.35. The molecule has 4 nitrogen and oxygen atoms in total. The van der Waals surface area contributed by atoms with Crippen LogP contribution >= 0.6 is 0 Å². The van der Waals surface area contributed by atoms with Crippen LogP contribution in [0.5, 0.6) is 0 Å². The second-order valence-electron chi connectivity index (χ2n) is 9.48. The van der Waals surface area contributed by atoms with E-state index in [-0.39, 0.29) is 0 Å². The summed E-state index contributed by atoms with van der Waals surface area (Å²) in [5.41, 5.74) is 4.40. The van der Waals surface area contributed by atoms with E-state index in [4.69, 9.17) is 5.11 Å². The van der Waals surface area contributed by atoms with Crippen molar-refractivity contribution in [2.45, 2.75) is 59.9 Å². The molecule has 126 valence electrons. The molecule has 3 rings (SSSR count). The van der Waals surface area contributed by atoms with Crippen LogP contribution in [0.1, 0.15) is 53.9 Å². The third-order valence-corrected chi connectivity index (χ3v) is 6.22. The minimum Gasteiger partial charge on any atom is -0.255 e. The normalized spacial score (nSPS) is 30.9. The summed E-state index contributed by atoms with van der Waals surface area (Å²) in [7, 11) is 0. The van der Waals surface area contributed by atoms with Crippen molar-refractivity contribution in [2.24, 2.45) is 27.8 Å². The first-order valence-electron chi connectivity index (χ1n) is 9.18. The minimum absolute atomic E-state index is 0.383. The van der Waals surface area contributed by atoms with Crippen LogP contribution in [-0.4, -0.2) is 48.5 Å². The third-order valence-electron chi connectivity index (χ3n) is 6.22. The predicted octanol–water partition coefficient (Wildman–Crippen LogP) is 3.14. The molecule has 1 aliphatic carbocycles. The van der Waals surface area contributed by atoms with Gasteiger partial charge in [-0.25, -0.2) is 5.01 Å². The Balaban J connectivity index is 1.46. The SMILES string of the molecule is CC(C)(C)C1CN=[N+](CCC(C)(C)C2CNN(C3CC3)C2)C1. The number of hydrazine groups is 1. The first kappa shape index (κ1) is 16.4. The standard InChI is InChI=1S/C18H35N4/c1-17(2,3)14-10-19-21(12-14)9-8-18(4,5)15-11-20-22(13-15)16-6-7-16/h14-16,20H,6-13H2,1-5H3/q+1. The average Bonchev–Trinajstić information content (AvgIpc) is 2.97. The molecule has 0 radical (unpaired) electrons. The van der Waals surface area contributed by atoms with Crippen molar-refractivity contribution < 1.29 is 4.70 Å². The van der Waals surface area contributed by atoms with Gasteiger partial charge in [-0.1, -0.05) is 34.6 Å². The topological polar surface area (TPSA) is 30.6 Å². The van der Waals surface area contributed by atoms with E-state index < -0.39 is 0 Å². The fraction of sp³-hybridized carbons (Fsp3) is 1.00. The molecule has 0 aromatic rings. The molecule has 0 amide bonds. The monoisotopic (exact) mass is 307 g/mol. The van der Waals surface area contributed by atoms with E-state index >= 15 is 0 Å². The van der Waals surface area contributed by atoms with Crippen LogP contribution in [-0.2, 0) is 0 Å². The number of azo groups is 2. The predicted molar refractivity (Wildman–Crippen MR) is 89.9 cm³/mol. The van der Waals surface area contributed by atoms with E-state index in [0.29, 0.717) is 16.7 Å². The van der Waals surface area contributed by atoms with Crippen molar-refractivity contribution in [3.63, 3.8) is 0 Å². The van der Waals surface area contributed by atoms with Gasteiger partial charge in [-0.15, -0.1) is 4.70 Å². The number of hydrogen-bond acceptors (Lipinski definition) is 3. The lowest BCUT2D eigenvalue weighted by molar-refractivity contribution is -0.587. The molecule has 2 fully saturated rings. The first-order valence-corrected chi connectivity index (χ1v) is 9.18. The van der Waals surface area contributed by atoms with E-state index in [1.807, 2.05) is 0 Å². The van der Waals surface area contributed by atoms with Gasteiger partial charge in [-0.2, -0.15) is 0 Å². The summed E-state index contributed by atoms with van der Waals surface area (Å²) in [4.78, 5) is 0. The maximum atomic E-state index is 4.77. The summed E-state index contributed by atoms with van der Waals surface area (Å²) in [6.45, 7) is 17.6. The number of hydrogen-bond donors (Lipinski definition) is 1. The van der Waals surface area contributed by atoms with Crippen molar-refractivity contribution in [2.75, 3.05) is 32.7 Å². The van der Waals surface area contributed by atoms with Crippen molar-refractivity contribution in [1.29, 1.82) is 0 Å². The van der Waals surface area contributed by atoms with Crippen LogP contribution in [0.3, 0.4) is 0 Å². The van der Waals surface area contributed by atoms with Crippen LogP contribution in [0.2, 0.25) is 0 Å². The van der Waals surface area contributed by atoms with Crippen molar-refractivity contribution in [3.8, 4) is 0 Å². The van der Waals surface area contributed by atoms with Gasteiger partial charge in [0.2, 0.25) is 0 Å². The van der Waals surface area contributed by atoms with E-state index in [1.165, 1.54) is 25.8 Å². The molecular formula is C18H35N4+. The number of rotatable bonds is 5. The molecule has 2 unspecified atom stereocenters. The highest BCUT2D eigenvalue weighted by molar-refractivity contribution is 4.92. The lowest BCUT2D eigenvalue weighted by Gasteiger charge is -2.30. The van der Waals surface area contributed by atoms with Gasteiger partial charge >= 0.3 is 0 Å². The Kier molecular flexibility index (Phi) is 4.36. The molecule has 2 aliphatic heterocycles. The molecule has 4 heteroatoms. The highest BCUT2D eigenvalue weighted by Gasteiger charge is 2.41. The molecule has 2 atom stereocenters. The molecule has 0 aromatic heterocycles. The van der Waals surface area contributed by atoms with E-state index in [2.05, 4.69) is 49.8 Å². The molecule has 1 saturated heterocycles. The van der Waals surface area contributed by atoms with Gasteiger partial charge in [-0.3, -0.25) is 5.43 Å². The summed E-state index contributed by atoms with van der Waals surface area (Å²) in [6, 6.07) is 0.835. The zero-order chi connectivity index (χ0) is 16.0. The fourth-order valence-corrected chi connectivity index (χ4v) is 3.70. The lowest BCUT2D eigenvalue weighted by Crippen LogP contribution is -2.33. The summed E-state index contributed by atoms with van der Waals surface area (Å²) in [6.07, 6.45) is 4.03. The van der Waals surface area contributed by atoms with Gasteiger partial charge in [0.15, 0.2) is 13.1 Å². The number of nitrogens with zero attached hydrogens (tertiary/aromatic N) is 3. The van der Waals surface area contributed by atoms with Gasteiger partial charge in [-0.05, 0) is 34.7 Å². The van der Waals surface area contributed by atoms with Crippen LogP contribution in [0.4, 0.5) is 0 Å². The second kappa shape index (κ2) is 5.86. The smallest absolute Gasteiger partial charge is 0.173 e. The summed E-state index contributed by atoms with van der Waals surface area (Å²) in [5, 5.41) is 7.28. The molecule has 1 saturated carbocycles. The Morgan fingerprint density at radius 1 is 1.14 bits per heavy atom. The zero-order valence-corrected chi connectivity index (χ0v) is 15.2. The highest BCUT2D eigenvalue weighted by Crippen LogP contribution is 2.37. The van der Waals surface area contributed by atoms with Crippen LogP contribution < -0.4 is 5.43 Å². The van der Waals surface area contributed by atoms with Crippen LogP contribution in [0, 0.1) is 22.7 Å². The van der Waals surface area contributed by atoms with Crippen molar-refractivity contribution in [1.82, 2.24) is 10.4 Å². The average molecular weight is 308 g/mol. The highest BCUT2D eigenvalue weighted by atomic mass is 15.6. The lowest BCUT2D eigenvalue weighted by atomic mass is 9.76. The van der Waals surface area contributed by atoms with E-state index in [1.54, 1.807) is 0 Å². The molecule has 3 aliphatic rings. The Hall–Kier alpha value is -0.480. The van der Waals surface area contributed by atoms with Crippen molar-refractivity contribution >= 4 is 0 Å². The summed E-state index contributed by atoms with van der Waals surface area (Å²) in [5.74, 6) is 1.49. The molecule has 1 N–H and O–H groups in total. The number of nitrogens with one attached hydrogen (secondary N) is 1. The zero-order valence-electron chi connectivity index (χ0n) is 15.2. The maximum Gasteiger partial charge on any atom is 0.173 e. The fourth-order valence-electron chi connectivity index (χ4n) is 3.70. The largest absolute Gasteiger partial charge is 0.255 e. The van der Waals surface area contributed by atoms with Gasteiger partial charge in [0, 0.05) is 25.6 Å². The third kappa shape index (κ3) is 3.70. The second-order valence-corrected chi connectivity index (χ2v) is 9.48. The van der Waals surface area contributed by atoms with Gasteiger partial charge < -0.3 is 0 Å². The summed E-state index contributed by atoms with van der Waals surface area (Å²) >= 11 is 0. The van der Waals surface area contributed by atoms with Crippen LogP contribution in [0.15, 0.2) is 5.11 Å². The molecular weight excluding hydrogens is 272 g/mol. The van der Waals surface area contributed by atoms with Crippen LogP contribution in [0.25, 0.3) is 0 Å². The minimum atomic E-state index is 0.383. The Morgan fingerprint density at radius 2 is 1.86 bits per heavy atom. The maximum absolute atomic E-state index is 4.77. The molecule has 22 heavy (non-hydrogen) atoms. The molecule has 0 spiro atoms.